The molecule has 0 saturated heterocycles. The van der Waals surface area contributed by atoms with Crippen LogP contribution < -0.4 is 11.6 Å². The van der Waals surface area contributed by atoms with Crippen molar-refractivity contribution in [2.45, 2.75) is 0 Å². The fourth-order valence-corrected chi connectivity index (χ4v) is 0.599. The number of nitrogens with one attached hydrogen (secondary N) is 1. The van der Waals surface area contributed by atoms with Gasteiger partial charge in [0, 0.05) is 5.75 Å². The molecule has 0 unspecified atom stereocenters. The summed E-state index contributed by atoms with van der Waals surface area (Å²) >= 11 is 1.21. The summed E-state index contributed by atoms with van der Waals surface area (Å²) in [5, 5.41) is 6.82. The third kappa shape index (κ3) is 11.7. The van der Waals surface area contributed by atoms with E-state index in [2.05, 4.69) is 4.84 Å². The molecule has 9 heavy (non-hydrogen) atoms. The molecule has 0 aliphatic rings. The maximum Gasteiger partial charge on any atom is 0.151 e. The molecule has 0 spiro atoms. The molecule has 0 aliphatic carbocycles. The fourth-order valence-electron chi connectivity index (χ4n) is 0.200. The van der Waals surface area contributed by atoms with Crippen LogP contribution in [0.25, 0.3) is 0 Å². The zero-order chi connectivity index (χ0) is 6.41. The topological polar surface area (TPSA) is 85.1 Å². The summed E-state index contributed by atoms with van der Waals surface area (Å²) in [5.74, 6) is 5.33. The Labute approximate surface area is 68.5 Å². The maximum atomic E-state index is 6.72. The zero-order valence-electron chi connectivity index (χ0n) is 4.79. The lowest BCUT2D eigenvalue weighted by Crippen LogP contribution is -2.09. The minimum Gasteiger partial charge on any atom is -0.379 e. The molecule has 0 fully saturated rings. The molecule has 56 valence electrons. The van der Waals surface area contributed by atoms with Gasteiger partial charge in [-0.1, -0.05) is 11.8 Å². The zero-order valence-corrected chi connectivity index (χ0v) is 7.32. The largest absolute Gasteiger partial charge is 0.379 e. The highest BCUT2D eigenvalue weighted by atomic mass is 79.9. The van der Waals surface area contributed by atoms with Gasteiger partial charge in [-0.25, -0.2) is 5.90 Å². The van der Waals surface area contributed by atoms with Crippen molar-refractivity contribution in [1.82, 2.24) is 0 Å². The van der Waals surface area contributed by atoms with Crippen molar-refractivity contribution in [1.29, 1.82) is 5.41 Å². The summed E-state index contributed by atoms with van der Waals surface area (Å²) in [6, 6.07) is 0. The van der Waals surface area contributed by atoms with Crippen LogP contribution in [0, 0.1) is 5.41 Å². The molecule has 4 nitrogen and oxygen atoms in total. The lowest BCUT2D eigenvalue weighted by atomic mass is 10.9. The number of rotatable bonds is 3. The Morgan fingerprint density at radius 2 is 2.22 bits per heavy atom. The Hall–Kier alpha value is 0.220. The third-order valence-electron chi connectivity index (χ3n) is 0.459. The van der Waals surface area contributed by atoms with Crippen LogP contribution in [-0.4, -0.2) is 17.5 Å². The Bertz CT molecular complexity index is 81.5. The van der Waals surface area contributed by atoms with Crippen molar-refractivity contribution >= 4 is 33.9 Å². The van der Waals surface area contributed by atoms with Crippen LogP contribution >= 0.6 is 28.7 Å². The van der Waals surface area contributed by atoms with E-state index in [1.807, 2.05) is 0 Å². The molecule has 0 aromatic carbocycles. The van der Waals surface area contributed by atoms with Crippen LogP contribution in [0.5, 0.6) is 0 Å². The van der Waals surface area contributed by atoms with Gasteiger partial charge in [-0.2, -0.15) is 0 Å². The summed E-state index contributed by atoms with van der Waals surface area (Å²) < 4.78 is 0. The normalized spacial score (nSPS) is 8.11. The molecule has 0 heterocycles. The van der Waals surface area contributed by atoms with Crippen LogP contribution in [0.15, 0.2) is 0 Å². The van der Waals surface area contributed by atoms with Crippen molar-refractivity contribution < 1.29 is 4.84 Å². The molecular formula is C3H10BrN3OS. The molecule has 0 aliphatic heterocycles. The molecule has 0 aromatic heterocycles. The Morgan fingerprint density at radius 1 is 1.67 bits per heavy atom. The second-order valence-electron chi connectivity index (χ2n) is 1.08. The highest BCUT2D eigenvalue weighted by Gasteiger charge is 1.87. The van der Waals surface area contributed by atoms with Crippen molar-refractivity contribution in [3.8, 4) is 0 Å². The van der Waals surface area contributed by atoms with Crippen LogP contribution in [0.4, 0.5) is 0 Å². The van der Waals surface area contributed by atoms with Gasteiger partial charge in [0.05, 0.1) is 6.61 Å². The highest BCUT2D eigenvalue weighted by molar-refractivity contribution is 8.93. The lowest BCUT2D eigenvalue weighted by Gasteiger charge is -1.94. The molecule has 0 rings (SSSR count). The fraction of sp³-hybridized carbons (Fsp3) is 0.667. The van der Waals surface area contributed by atoms with E-state index in [0.29, 0.717) is 12.4 Å². The van der Waals surface area contributed by atoms with Gasteiger partial charge in [0.2, 0.25) is 0 Å². The molecule has 0 atom stereocenters. The predicted molar refractivity (Wildman–Crippen MR) is 44.8 cm³/mol. The minimum absolute atomic E-state index is 0. The molecule has 6 heteroatoms. The number of amidine groups is 1. The van der Waals surface area contributed by atoms with Gasteiger partial charge in [0.25, 0.3) is 0 Å². The third-order valence-corrected chi connectivity index (χ3v) is 1.14. The van der Waals surface area contributed by atoms with Gasteiger partial charge < -0.3 is 10.6 Å². The quantitative estimate of drug-likeness (QED) is 0.270. The first-order valence-electron chi connectivity index (χ1n) is 2.06. The average Bonchev–Trinajstić information content (AvgIpc) is 1.66. The van der Waals surface area contributed by atoms with Gasteiger partial charge in [-0.3, -0.25) is 5.41 Å². The summed E-state index contributed by atoms with van der Waals surface area (Å²) in [4.78, 5) is 4.22. The summed E-state index contributed by atoms with van der Waals surface area (Å²) in [6.45, 7) is 0.435. The van der Waals surface area contributed by atoms with Gasteiger partial charge in [-0.15, -0.1) is 17.0 Å². The summed E-state index contributed by atoms with van der Waals surface area (Å²) in [5.41, 5.74) is 4.98. The molecule has 0 saturated carbocycles. The first-order chi connectivity index (χ1) is 3.77. The first-order valence-corrected chi connectivity index (χ1v) is 3.04. The standard InChI is InChI=1S/C3H9N3OS.BrH/c4-3(5)8-2-1-7-6;/h1-2,6H2,(H3,4,5);1H. The Kier molecular flexibility index (Phi) is 10.9. The van der Waals surface area contributed by atoms with Gasteiger partial charge >= 0.3 is 0 Å². The molecule has 0 radical (unpaired) electrons. The van der Waals surface area contributed by atoms with E-state index in [1.165, 1.54) is 11.8 Å². The van der Waals surface area contributed by atoms with E-state index in [9.17, 15) is 0 Å². The number of halogens is 1. The Morgan fingerprint density at radius 3 is 2.56 bits per heavy atom. The van der Waals surface area contributed by atoms with Gasteiger partial charge in [0.1, 0.15) is 0 Å². The molecule has 5 N–H and O–H groups in total. The second kappa shape index (κ2) is 8.22. The first kappa shape index (κ1) is 12.0. The van der Waals surface area contributed by atoms with E-state index in [1.54, 1.807) is 0 Å². The van der Waals surface area contributed by atoms with Crippen LogP contribution in [0.1, 0.15) is 0 Å². The second-order valence-corrected chi connectivity index (χ2v) is 2.22. The summed E-state index contributed by atoms with van der Waals surface area (Å²) in [6.07, 6.45) is 0. The van der Waals surface area contributed by atoms with E-state index in [4.69, 9.17) is 17.0 Å². The van der Waals surface area contributed by atoms with Crippen molar-refractivity contribution in [2.75, 3.05) is 12.4 Å². The predicted octanol–water partition coefficient (Wildman–Crippen LogP) is 0.0813. The van der Waals surface area contributed by atoms with Crippen LogP contribution in [-0.2, 0) is 4.84 Å². The smallest absolute Gasteiger partial charge is 0.151 e. The van der Waals surface area contributed by atoms with E-state index < -0.39 is 0 Å². The number of hydrogen-bond donors (Lipinski definition) is 3. The maximum absolute atomic E-state index is 6.72. The number of hydrogen-bond acceptors (Lipinski definition) is 4. The van der Waals surface area contributed by atoms with Crippen LogP contribution in [0.3, 0.4) is 0 Å². The minimum atomic E-state index is 0. The molecular weight excluding hydrogens is 206 g/mol. The van der Waals surface area contributed by atoms with E-state index >= 15 is 0 Å². The van der Waals surface area contributed by atoms with Crippen molar-refractivity contribution in [3.63, 3.8) is 0 Å². The molecule has 0 bridgehead atoms. The van der Waals surface area contributed by atoms with Crippen molar-refractivity contribution in [3.05, 3.63) is 0 Å². The van der Waals surface area contributed by atoms with Gasteiger partial charge in [0.15, 0.2) is 5.17 Å². The summed E-state index contributed by atoms with van der Waals surface area (Å²) in [7, 11) is 0. The molecule has 0 amide bonds. The van der Waals surface area contributed by atoms with Gasteiger partial charge in [-0.05, 0) is 0 Å². The molecule has 0 aromatic rings. The highest BCUT2D eigenvalue weighted by Crippen LogP contribution is 1.94. The number of nitrogens with two attached hydrogens (primary N) is 2. The SMILES string of the molecule is Br.N=C(N)SCCON. The Balaban J connectivity index is 0. The lowest BCUT2D eigenvalue weighted by molar-refractivity contribution is 0.155. The average molecular weight is 216 g/mol. The number of thioether (sulfide) groups is 1. The monoisotopic (exact) mass is 215 g/mol. The van der Waals surface area contributed by atoms with E-state index in [0.717, 1.165) is 0 Å². The van der Waals surface area contributed by atoms with Crippen molar-refractivity contribution in [2.24, 2.45) is 11.6 Å². The van der Waals surface area contributed by atoms with Crippen LogP contribution in [0.2, 0.25) is 0 Å². The van der Waals surface area contributed by atoms with E-state index in [-0.39, 0.29) is 22.1 Å².